The average molecular weight is 1310 g/mol. The molecule has 3 aliphatic carbocycles. The molecule has 6 aliphatic rings. The van der Waals surface area contributed by atoms with Crippen LogP contribution in [0.3, 0.4) is 0 Å². The minimum atomic E-state index is -1.76. The second-order valence-electron chi connectivity index (χ2n) is 24.9. The molecule has 9 amide bonds. The van der Waals surface area contributed by atoms with Gasteiger partial charge in [0, 0.05) is 109 Å². The van der Waals surface area contributed by atoms with E-state index in [0.717, 1.165) is 79.3 Å². The predicted molar refractivity (Wildman–Crippen MR) is 338 cm³/mol. The number of alkyl carbamates (subject to hydrolysis) is 1. The Morgan fingerprint density at radius 2 is 1.68 bits per heavy atom. The lowest BCUT2D eigenvalue weighted by atomic mass is 9.81. The molecule has 25 nitrogen and oxygen atoms in total. The Hall–Kier alpha value is -6.71. The number of likely N-dealkylation sites (N-methyl/N-ethyl adjacent to an activating group) is 3. The van der Waals surface area contributed by atoms with E-state index in [1.807, 2.05) is 25.2 Å². The van der Waals surface area contributed by atoms with Crippen LogP contribution in [-0.4, -0.2) is 204 Å². The van der Waals surface area contributed by atoms with Crippen molar-refractivity contribution in [1.82, 2.24) is 35.6 Å². The molecular weight excluding hydrogens is 1220 g/mol. The number of ether oxygens (including phenoxy) is 6. The first kappa shape index (κ1) is 71.7. The number of nitrogens with one attached hydrogen (secondary N) is 4. The number of methoxy groups -OCH3 is 2. The first-order valence-electron chi connectivity index (χ1n) is 31.4. The summed E-state index contributed by atoms with van der Waals surface area (Å²) in [6.07, 6.45) is 10.3. The van der Waals surface area contributed by atoms with E-state index in [1.165, 1.54) is 55.0 Å². The number of benzene rings is 1. The number of carbonyl (C=O) groups is 9. The third kappa shape index (κ3) is 19.4. The SMILES string of the molecule is COC1=C(Cl)C2CC(=C1)CC(C)CCC[C@@H](OC)[C@@]1(O)C[C@H](OC(=O)N1)[C@@H](C)[C@@H]1O[C@@]1(C)[C@@H](OC(=O)[C@H](C)N(C)C(=O)CCSC(=O)N(C)CCN(C)C(=O)OCc1ccc(NC(=O)NC3/C=C/CCCCC3)c(C(=O)NCCN3C(=O)C=CC3=O)c1)CC(O)C2. The molecule has 4 unspecified atom stereocenters. The third-order valence-corrected chi connectivity index (χ3v) is 19.5. The van der Waals surface area contributed by atoms with Crippen LogP contribution in [0.5, 0.6) is 0 Å². The molecule has 1 aromatic carbocycles. The fourth-order valence-corrected chi connectivity index (χ4v) is 13.3. The Labute approximate surface area is 541 Å². The number of nitrogens with zero attached hydrogens (tertiary/aromatic N) is 4. The topological polar surface area (TPSA) is 314 Å². The number of fused-ring (bicyclic) bond motifs is 5. The number of aliphatic hydroxyl groups excluding tert-OH is 1. The predicted octanol–water partition coefficient (Wildman–Crippen LogP) is 7.24. The first-order valence-corrected chi connectivity index (χ1v) is 32.7. The lowest BCUT2D eigenvalue weighted by Gasteiger charge is -2.43. The van der Waals surface area contributed by atoms with E-state index in [4.69, 9.17) is 40.0 Å². The summed E-state index contributed by atoms with van der Waals surface area (Å²) in [7, 11) is 7.52. The van der Waals surface area contributed by atoms with E-state index in [0.29, 0.717) is 35.6 Å². The summed E-state index contributed by atoms with van der Waals surface area (Å²) in [5.74, 6) is -2.88. The van der Waals surface area contributed by atoms with Crippen LogP contribution < -0.4 is 21.3 Å². The highest BCUT2D eigenvalue weighted by Crippen LogP contribution is 2.50. The van der Waals surface area contributed by atoms with Crippen LogP contribution in [0.25, 0.3) is 0 Å². The lowest BCUT2D eigenvalue weighted by molar-refractivity contribution is -0.162. The molecule has 1 aromatic rings. The molecule has 502 valence electrons. The lowest BCUT2D eigenvalue weighted by Crippen LogP contribution is -2.64. The van der Waals surface area contributed by atoms with Crippen molar-refractivity contribution in [3.8, 4) is 0 Å². The van der Waals surface area contributed by atoms with E-state index in [2.05, 4.69) is 28.2 Å². The highest BCUT2D eigenvalue weighted by atomic mass is 35.5. The van der Waals surface area contributed by atoms with Crippen LogP contribution in [0.1, 0.15) is 134 Å². The standard InChI is InChI=1S/C64H91ClN8O17S/c1-38-16-15-19-50(86-9)64(84)36-49(88-60(81)69-64)39(2)56-63(4,90-56)51(35-45(74)34-43-31-42(30-38)33-48(85-8)55(43)65)89-58(79)40(3)72(7)52(75)24-29-91-62(83)71(6)28-27-70(5)61(82)87-37-41-20-21-47(68-59(80)67-44-17-13-11-10-12-14-18-44)46(32-41)57(78)66-25-26-73-53(76)22-23-54(73)77/h13,17,20-23,32-33,38-40,43-45,49-51,56,74,84H,10-12,14-16,18-19,24-31,34-37H2,1-9H3,(H,66,78)(H,69,81)(H2,67,68,80)/b17-13+/t38?,39-,40+,43?,44?,45?,49+,50-,51+,56+,63+,64+/m1/s1. The Morgan fingerprint density at radius 1 is 0.945 bits per heavy atom. The summed E-state index contributed by atoms with van der Waals surface area (Å²) in [5, 5.41) is 34.9. The number of amides is 9. The summed E-state index contributed by atoms with van der Waals surface area (Å²) in [6, 6.07) is 2.71. The number of halogens is 1. The quantitative estimate of drug-likeness (QED) is 0.0261. The minimum Gasteiger partial charge on any atom is -0.496 e. The summed E-state index contributed by atoms with van der Waals surface area (Å²) in [4.78, 5) is 123. The Kier molecular flexibility index (Phi) is 25.8. The number of aliphatic hydroxyl groups is 2. The maximum absolute atomic E-state index is 14.2. The molecule has 4 bridgehead atoms. The van der Waals surface area contributed by atoms with Crippen molar-refractivity contribution in [2.24, 2.45) is 17.8 Å². The number of anilines is 1. The Morgan fingerprint density at radius 3 is 2.41 bits per heavy atom. The molecule has 0 spiro atoms. The van der Waals surface area contributed by atoms with Crippen molar-refractivity contribution in [1.29, 1.82) is 0 Å². The van der Waals surface area contributed by atoms with Gasteiger partial charge in [-0.1, -0.05) is 86.7 Å². The van der Waals surface area contributed by atoms with Crippen LogP contribution in [0.15, 0.2) is 64.9 Å². The zero-order valence-corrected chi connectivity index (χ0v) is 55.2. The van der Waals surface area contributed by atoms with Gasteiger partial charge in [0.15, 0.2) is 5.72 Å². The van der Waals surface area contributed by atoms with Crippen molar-refractivity contribution in [3.05, 3.63) is 76.1 Å². The van der Waals surface area contributed by atoms with Crippen LogP contribution in [-0.2, 0) is 54.2 Å². The van der Waals surface area contributed by atoms with Crippen LogP contribution in [0, 0.1) is 17.8 Å². The number of hydrogen-bond donors (Lipinski definition) is 6. The minimum absolute atomic E-state index is 0.0140. The monoisotopic (exact) mass is 1310 g/mol. The normalized spacial score (nSPS) is 28.5. The molecule has 7 rings (SSSR count). The van der Waals surface area contributed by atoms with Gasteiger partial charge in [-0.3, -0.25) is 34.2 Å². The maximum atomic E-state index is 14.2. The zero-order valence-electron chi connectivity index (χ0n) is 53.6. The van der Waals surface area contributed by atoms with E-state index >= 15 is 0 Å². The van der Waals surface area contributed by atoms with Gasteiger partial charge in [0.05, 0.1) is 35.6 Å². The van der Waals surface area contributed by atoms with Gasteiger partial charge in [-0.2, -0.15) is 0 Å². The molecule has 3 heterocycles. The second kappa shape index (κ2) is 32.7. The number of urea groups is 1. The van der Waals surface area contributed by atoms with Crippen molar-refractivity contribution < 1.29 is 81.8 Å². The first-order chi connectivity index (χ1) is 43.2. The number of thioether (sulfide) groups is 1. The number of carbonyl (C=O) groups excluding carboxylic acids is 9. The van der Waals surface area contributed by atoms with Crippen LogP contribution >= 0.6 is 23.4 Å². The van der Waals surface area contributed by atoms with Crippen LogP contribution in [0.2, 0.25) is 0 Å². The number of epoxide rings is 1. The van der Waals surface area contributed by atoms with Crippen molar-refractivity contribution >= 4 is 82.1 Å². The number of allylic oxidation sites excluding steroid dienone is 4. The number of rotatable bonds is 19. The van der Waals surface area contributed by atoms with E-state index in [9.17, 15) is 53.4 Å². The highest BCUT2D eigenvalue weighted by Gasteiger charge is 2.64. The third-order valence-electron chi connectivity index (χ3n) is 18.0. The fraction of sp³-hybridized carbons (Fsp3) is 0.641. The molecule has 2 saturated heterocycles. The van der Waals surface area contributed by atoms with E-state index in [1.54, 1.807) is 27.1 Å². The zero-order chi connectivity index (χ0) is 66.3. The highest BCUT2D eigenvalue weighted by molar-refractivity contribution is 8.13. The number of esters is 1. The molecule has 3 fully saturated rings. The van der Waals surface area contributed by atoms with Crippen molar-refractivity contribution in [2.75, 3.05) is 72.6 Å². The van der Waals surface area contributed by atoms with Gasteiger partial charge in [-0.05, 0) is 88.5 Å². The van der Waals surface area contributed by atoms with Gasteiger partial charge in [0.25, 0.3) is 23.0 Å². The molecule has 6 N–H and O–H groups in total. The van der Waals surface area contributed by atoms with E-state index in [-0.39, 0.29) is 98.6 Å². The molecular formula is C64H91ClN8O17S. The Bertz CT molecular complexity index is 2950. The molecule has 0 aromatic heterocycles. The van der Waals surface area contributed by atoms with Gasteiger partial charge >= 0.3 is 24.2 Å². The van der Waals surface area contributed by atoms with Crippen LogP contribution in [0.4, 0.5) is 24.9 Å². The smallest absolute Gasteiger partial charge is 0.409 e. The maximum Gasteiger partial charge on any atom is 0.409 e. The second-order valence-corrected chi connectivity index (χ2v) is 26.4. The van der Waals surface area contributed by atoms with E-state index < -0.39 is 102 Å². The number of hydrogen-bond acceptors (Lipinski definition) is 18. The molecule has 0 radical (unpaired) electrons. The fourth-order valence-electron chi connectivity index (χ4n) is 12.3. The molecule has 27 heteroatoms. The largest absolute Gasteiger partial charge is 0.496 e. The summed E-state index contributed by atoms with van der Waals surface area (Å²) in [5.41, 5.74) is -1.24. The average Bonchev–Trinajstić information content (AvgIpc) is 1.58. The molecule has 3 aliphatic heterocycles. The van der Waals surface area contributed by atoms with Gasteiger partial charge in [0.2, 0.25) is 5.91 Å². The number of imide groups is 1. The summed E-state index contributed by atoms with van der Waals surface area (Å²) < 4.78 is 35.5. The van der Waals surface area contributed by atoms with Gasteiger partial charge < -0.3 is 69.3 Å². The van der Waals surface area contributed by atoms with Gasteiger partial charge in [-0.25, -0.2) is 19.2 Å². The van der Waals surface area contributed by atoms with Crippen molar-refractivity contribution in [2.45, 2.75) is 178 Å². The van der Waals surface area contributed by atoms with Crippen molar-refractivity contribution in [3.63, 3.8) is 0 Å². The van der Waals surface area contributed by atoms with Gasteiger partial charge in [-0.15, -0.1) is 0 Å². The molecule has 12 atom stereocenters. The summed E-state index contributed by atoms with van der Waals surface area (Å²) >= 11 is 7.80. The molecule has 91 heavy (non-hydrogen) atoms. The summed E-state index contributed by atoms with van der Waals surface area (Å²) in [6.45, 7) is 6.95. The Balaban J connectivity index is 0.908. The molecule has 1 saturated carbocycles. The van der Waals surface area contributed by atoms with Gasteiger partial charge in [0.1, 0.15) is 42.3 Å².